The molecule has 0 aliphatic heterocycles. The van der Waals surface area contributed by atoms with Crippen molar-refractivity contribution in [3.8, 4) is 0 Å². The largest absolute Gasteiger partial charge is 0.325 e. The molecule has 0 heterocycles. The van der Waals surface area contributed by atoms with Crippen LogP contribution in [-0.4, -0.2) is 36.7 Å². The van der Waals surface area contributed by atoms with Crippen molar-refractivity contribution >= 4 is 23.4 Å². The summed E-state index contributed by atoms with van der Waals surface area (Å²) in [7, 11) is 0. The summed E-state index contributed by atoms with van der Waals surface area (Å²) in [6.45, 7) is 7.34. The predicted octanol–water partition coefficient (Wildman–Crippen LogP) is 3.86. The molecule has 0 saturated heterocycles. The van der Waals surface area contributed by atoms with Gasteiger partial charge in [0.25, 0.3) is 0 Å². The summed E-state index contributed by atoms with van der Waals surface area (Å²) >= 11 is 1.65. The molecule has 20 heavy (non-hydrogen) atoms. The molecule has 0 saturated carbocycles. The van der Waals surface area contributed by atoms with Gasteiger partial charge in [-0.25, -0.2) is 0 Å². The highest BCUT2D eigenvalue weighted by Crippen LogP contribution is 2.24. The van der Waals surface area contributed by atoms with Gasteiger partial charge in [-0.3, -0.25) is 4.79 Å². The molecule has 3 nitrogen and oxygen atoms in total. The minimum absolute atomic E-state index is 0.101. The van der Waals surface area contributed by atoms with Crippen LogP contribution in [0.5, 0.6) is 0 Å². The standard InChI is InChI=1S/C16H26N2OS/c1-4-11-18(12-5-2)13-10-16(19)17-14-8-6-7-9-15(14)20-3/h6-9H,4-5,10-13H2,1-3H3,(H,17,19). The first-order valence-corrected chi connectivity index (χ1v) is 8.59. The average Bonchev–Trinajstić information content (AvgIpc) is 2.46. The number of rotatable bonds is 9. The van der Waals surface area contributed by atoms with E-state index < -0.39 is 0 Å². The number of amides is 1. The zero-order valence-corrected chi connectivity index (χ0v) is 13.6. The van der Waals surface area contributed by atoms with Crippen LogP contribution < -0.4 is 5.32 Å². The summed E-state index contributed by atoms with van der Waals surface area (Å²) in [4.78, 5) is 15.5. The molecule has 0 spiro atoms. The monoisotopic (exact) mass is 294 g/mol. The fraction of sp³-hybridized carbons (Fsp3) is 0.562. The summed E-state index contributed by atoms with van der Waals surface area (Å²) in [6, 6.07) is 7.93. The van der Waals surface area contributed by atoms with Crippen LogP contribution in [0, 0.1) is 0 Å². The third-order valence-corrected chi connectivity index (χ3v) is 3.91. The smallest absolute Gasteiger partial charge is 0.225 e. The minimum atomic E-state index is 0.101. The van der Waals surface area contributed by atoms with E-state index in [1.807, 2.05) is 30.5 Å². The number of carbonyl (C=O) groups excluding carboxylic acids is 1. The van der Waals surface area contributed by atoms with Crippen LogP contribution >= 0.6 is 11.8 Å². The van der Waals surface area contributed by atoms with Crippen molar-refractivity contribution in [2.24, 2.45) is 0 Å². The summed E-state index contributed by atoms with van der Waals surface area (Å²) in [6.07, 6.45) is 4.85. The van der Waals surface area contributed by atoms with Gasteiger partial charge in [-0.05, 0) is 44.3 Å². The minimum Gasteiger partial charge on any atom is -0.325 e. The van der Waals surface area contributed by atoms with Gasteiger partial charge in [0.2, 0.25) is 5.91 Å². The SMILES string of the molecule is CCCN(CCC)CCC(=O)Nc1ccccc1SC. The fourth-order valence-electron chi connectivity index (χ4n) is 2.19. The Labute approximate surface area is 127 Å². The number of hydrogen-bond donors (Lipinski definition) is 1. The third-order valence-electron chi connectivity index (χ3n) is 3.12. The summed E-state index contributed by atoms with van der Waals surface area (Å²) in [5.41, 5.74) is 0.919. The first-order chi connectivity index (χ1) is 9.71. The first kappa shape index (κ1) is 17.1. The number of thioether (sulfide) groups is 1. The van der Waals surface area contributed by atoms with Gasteiger partial charge in [0.05, 0.1) is 5.69 Å². The highest BCUT2D eigenvalue weighted by atomic mass is 32.2. The van der Waals surface area contributed by atoms with Gasteiger partial charge in [0, 0.05) is 17.9 Å². The van der Waals surface area contributed by atoms with E-state index >= 15 is 0 Å². The number of para-hydroxylation sites is 1. The molecule has 0 unspecified atom stereocenters. The molecular weight excluding hydrogens is 268 g/mol. The lowest BCUT2D eigenvalue weighted by atomic mass is 10.2. The molecule has 1 amide bonds. The average molecular weight is 294 g/mol. The molecule has 1 rings (SSSR count). The quantitative estimate of drug-likeness (QED) is 0.702. The lowest BCUT2D eigenvalue weighted by Gasteiger charge is -2.20. The van der Waals surface area contributed by atoms with E-state index in [-0.39, 0.29) is 5.91 Å². The zero-order chi connectivity index (χ0) is 14.8. The van der Waals surface area contributed by atoms with E-state index in [0.29, 0.717) is 6.42 Å². The predicted molar refractivity (Wildman–Crippen MR) is 88.5 cm³/mol. The topological polar surface area (TPSA) is 32.3 Å². The Hall–Kier alpha value is -1.00. The second-order valence-corrected chi connectivity index (χ2v) is 5.69. The van der Waals surface area contributed by atoms with E-state index in [9.17, 15) is 4.79 Å². The molecule has 0 aliphatic rings. The number of nitrogens with one attached hydrogen (secondary N) is 1. The Bertz CT molecular complexity index is 403. The van der Waals surface area contributed by atoms with Gasteiger partial charge in [0.1, 0.15) is 0 Å². The molecule has 4 heteroatoms. The van der Waals surface area contributed by atoms with Crippen LogP contribution in [-0.2, 0) is 4.79 Å². The second kappa shape index (κ2) is 9.83. The summed E-state index contributed by atoms with van der Waals surface area (Å²) < 4.78 is 0. The normalized spacial score (nSPS) is 10.8. The maximum Gasteiger partial charge on any atom is 0.225 e. The van der Waals surface area contributed by atoms with Crippen LogP contribution in [0.4, 0.5) is 5.69 Å². The highest BCUT2D eigenvalue weighted by Gasteiger charge is 2.09. The van der Waals surface area contributed by atoms with E-state index in [0.717, 1.165) is 43.1 Å². The summed E-state index contributed by atoms with van der Waals surface area (Å²) in [5.74, 6) is 0.101. The number of nitrogens with zero attached hydrogens (tertiary/aromatic N) is 1. The van der Waals surface area contributed by atoms with E-state index in [4.69, 9.17) is 0 Å². The Morgan fingerprint density at radius 2 is 1.80 bits per heavy atom. The third kappa shape index (κ3) is 5.97. The van der Waals surface area contributed by atoms with Gasteiger partial charge in [-0.15, -0.1) is 11.8 Å². The van der Waals surface area contributed by atoms with Crippen LogP contribution in [0.3, 0.4) is 0 Å². The van der Waals surface area contributed by atoms with Crippen LogP contribution in [0.25, 0.3) is 0 Å². The molecule has 0 bridgehead atoms. The fourth-order valence-corrected chi connectivity index (χ4v) is 2.74. The molecule has 0 fully saturated rings. The number of benzene rings is 1. The number of carbonyl (C=O) groups is 1. The maximum absolute atomic E-state index is 12.0. The molecule has 0 radical (unpaired) electrons. The van der Waals surface area contributed by atoms with Gasteiger partial charge in [0.15, 0.2) is 0 Å². The van der Waals surface area contributed by atoms with Crippen molar-refractivity contribution in [1.29, 1.82) is 0 Å². The first-order valence-electron chi connectivity index (χ1n) is 7.36. The van der Waals surface area contributed by atoms with Crippen LogP contribution in [0.2, 0.25) is 0 Å². The van der Waals surface area contributed by atoms with Crippen molar-refractivity contribution in [1.82, 2.24) is 4.90 Å². The molecular formula is C16H26N2OS. The molecule has 0 aliphatic carbocycles. The van der Waals surface area contributed by atoms with Crippen molar-refractivity contribution < 1.29 is 4.79 Å². The van der Waals surface area contributed by atoms with Gasteiger partial charge in [-0.1, -0.05) is 26.0 Å². The second-order valence-electron chi connectivity index (χ2n) is 4.84. The van der Waals surface area contributed by atoms with Crippen molar-refractivity contribution in [2.75, 3.05) is 31.2 Å². The lowest BCUT2D eigenvalue weighted by molar-refractivity contribution is -0.116. The molecule has 0 atom stereocenters. The molecule has 1 N–H and O–H groups in total. The summed E-state index contributed by atoms with van der Waals surface area (Å²) in [5, 5.41) is 3.01. The van der Waals surface area contributed by atoms with Gasteiger partial charge in [-0.2, -0.15) is 0 Å². The molecule has 1 aromatic rings. The van der Waals surface area contributed by atoms with Crippen LogP contribution in [0.15, 0.2) is 29.2 Å². The zero-order valence-electron chi connectivity index (χ0n) is 12.8. The Kier molecular flexibility index (Phi) is 8.38. The lowest BCUT2D eigenvalue weighted by Crippen LogP contribution is -2.29. The van der Waals surface area contributed by atoms with E-state index in [2.05, 4.69) is 24.1 Å². The Balaban J connectivity index is 2.46. The Morgan fingerprint density at radius 3 is 2.40 bits per heavy atom. The number of anilines is 1. The van der Waals surface area contributed by atoms with Crippen LogP contribution in [0.1, 0.15) is 33.1 Å². The highest BCUT2D eigenvalue weighted by molar-refractivity contribution is 7.98. The van der Waals surface area contributed by atoms with Gasteiger partial charge >= 0.3 is 0 Å². The van der Waals surface area contributed by atoms with Crippen molar-refractivity contribution in [3.63, 3.8) is 0 Å². The molecule has 1 aromatic carbocycles. The van der Waals surface area contributed by atoms with E-state index in [1.165, 1.54) is 0 Å². The van der Waals surface area contributed by atoms with Gasteiger partial charge < -0.3 is 10.2 Å². The van der Waals surface area contributed by atoms with E-state index in [1.54, 1.807) is 11.8 Å². The number of hydrogen-bond acceptors (Lipinski definition) is 3. The van der Waals surface area contributed by atoms with Crippen molar-refractivity contribution in [3.05, 3.63) is 24.3 Å². The van der Waals surface area contributed by atoms with Crippen molar-refractivity contribution in [2.45, 2.75) is 38.0 Å². The molecule has 0 aromatic heterocycles. The maximum atomic E-state index is 12.0. The Morgan fingerprint density at radius 1 is 1.15 bits per heavy atom. The molecule has 112 valence electrons.